The van der Waals surface area contributed by atoms with Gasteiger partial charge in [0.05, 0.1) is 11.4 Å². The lowest BCUT2D eigenvalue weighted by Crippen LogP contribution is -1.97. The molecule has 3 aromatic carbocycles. The van der Waals surface area contributed by atoms with Crippen LogP contribution in [-0.2, 0) is 6.61 Å². The van der Waals surface area contributed by atoms with E-state index in [1.165, 1.54) is 0 Å². The van der Waals surface area contributed by atoms with E-state index in [2.05, 4.69) is 4.98 Å². The number of fused-ring (bicyclic) bond motifs is 1. The standard InChI is InChI=1S/C26H19Cl2N3O/c1-17-25(20-4-10-22(28)11-5-20)26-29-15-14-24(31(26)30-17)19-6-12-23(13-7-19)32-16-18-2-8-21(27)9-3-18/h2-15H,16H2,1H3. The molecule has 2 aromatic heterocycles. The van der Waals surface area contributed by atoms with Gasteiger partial charge in [-0.3, -0.25) is 0 Å². The molecule has 4 nitrogen and oxygen atoms in total. The van der Waals surface area contributed by atoms with Crippen molar-refractivity contribution >= 4 is 28.8 Å². The summed E-state index contributed by atoms with van der Waals surface area (Å²) in [5, 5.41) is 6.19. The molecule has 0 saturated heterocycles. The third kappa shape index (κ3) is 4.07. The van der Waals surface area contributed by atoms with E-state index in [4.69, 9.17) is 33.0 Å². The number of ether oxygens (including phenoxy) is 1. The molecule has 2 heterocycles. The Kier molecular flexibility index (Phi) is 5.56. The Labute approximate surface area is 196 Å². The molecule has 0 N–H and O–H groups in total. The van der Waals surface area contributed by atoms with Gasteiger partial charge in [0.1, 0.15) is 12.4 Å². The average molecular weight is 460 g/mol. The minimum Gasteiger partial charge on any atom is -0.489 e. The fourth-order valence-electron chi connectivity index (χ4n) is 3.69. The van der Waals surface area contributed by atoms with Gasteiger partial charge in [-0.2, -0.15) is 5.10 Å². The Morgan fingerprint density at radius 2 is 1.41 bits per heavy atom. The van der Waals surface area contributed by atoms with Crippen LogP contribution < -0.4 is 4.74 Å². The Balaban J connectivity index is 1.44. The molecule has 0 aliphatic rings. The first-order chi connectivity index (χ1) is 15.6. The second-order valence-corrected chi connectivity index (χ2v) is 8.35. The van der Waals surface area contributed by atoms with Crippen LogP contribution in [0.15, 0.2) is 85.1 Å². The molecule has 0 radical (unpaired) electrons. The zero-order chi connectivity index (χ0) is 22.1. The zero-order valence-electron chi connectivity index (χ0n) is 17.3. The van der Waals surface area contributed by atoms with Crippen molar-refractivity contribution in [2.75, 3.05) is 0 Å². The first-order valence-electron chi connectivity index (χ1n) is 10.2. The zero-order valence-corrected chi connectivity index (χ0v) is 18.8. The number of aryl methyl sites for hydroxylation is 1. The van der Waals surface area contributed by atoms with Crippen molar-refractivity contribution in [2.45, 2.75) is 13.5 Å². The van der Waals surface area contributed by atoms with Crippen LogP contribution in [0.3, 0.4) is 0 Å². The number of benzene rings is 3. The number of hydrogen-bond donors (Lipinski definition) is 0. The lowest BCUT2D eigenvalue weighted by atomic mass is 10.1. The summed E-state index contributed by atoms with van der Waals surface area (Å²) < 4.78 is 7.80. The molecule has 0 saturated carbocycles. The Bertz CT molecular complexity index is 1380. The minimum atomic E-state index is 0.485. The topological polar surface area (TPSA) is 39.4 Å². The van der Waals surface area contributed by atoms with Crippen molar-refractivity contribution in [3.63, 3.8) is 0 Å². The lowest BCUT2D eigenvalue weighted by molar-refractivity contribution is 0.306. The number of nitrogens with zero attached hydrogens (tertiary/aromatic N) is 3. The highest BCUT2D eigenvalue weighted by molar-refractivity contribution is 6.30. The molecule has 5 rings (SSSR count). The molecule has 0 aliphatic carbocycles. The molecular weight excluding hydrogens is 441 g/mol. The predicted octanol–water partition coefficient (Wildman–Crippen LogP) is 7.26. The van der Waals surface area contributed by atoms with Crippen molar-refractivity contribution in [2.24, 2.45) is 0 Å². The van der Waals surface area contributed by atoms with Crippen molar-refractivity contribution in [3.05, 3.63) is 106 Å². The van der Waals surface area contributed by atoms with Crippen LogP contribution in [0.5, 0.6) is 5.75 Å². The summed E-state index contributed by atoms with van der Waals surface area (Å²) in [6, 6.07) is 25.4. The van der Waals surface area contributed by atoms with Crippen LogP contribution in [0, 0.1) is 6.92 Å². The molecule has 0 aliphatic heterocycles. The molecule has 0 unspecified atom stereocenters. The smallest absolute Gasteiger partial charge is 0.163 e. The quantitative estimate of drug-likeness (QED) is 0.277. The molecular formula is C26H19Cl2N3O. The van der Waals surface area contributed by atoms with Gasteiger partial charge >= 0.3 is 0 Å². The molecule has 158 valence electrons. The lowest BCUT2D eigenvalue weighted by Gasteiger charge is -2.09. The molecule has 32 heavy (non-hydrogen) atoms. The van der Waals surface area contributed by atoms with Gasteiger partial charge < -0.3 is 4.74 Å². The normalized spacial score (nSPS) is 11.1. The fourth-order valence-corrected chi connectivity index (χ4v) is 3.95. The molecule has 6 heteroatoms. The summed E-state index contributed by atoms with van der Waals surface area (Å²) in [7, 11) is 0. The highest BCUT2D eigenvalue weighted by Gasteiger charge is 2.15. The first-order valence-corrected chi connectivity index (χ1v) is 10.9. The van der Waals surface area contributed by atoms with Gasteiger partial charge in [0, 0.05) is 27.4 Å². The van der Waals surface area contributed by atoms with Crippen LogP contribution in [0.25, 0.3) is 28.0 Å². The summed E-state index contributed by atoms with van der Waals surface area (Å²) in [5.41, 5.74) is 6.82. The van der Waals surface area contributed by atoms with Gasteiger partial charge in [0.15, 0.2) is 5.65 Å². The summed E-state index contributed by atoms with van der Waals surface area (Å²) in [5.74, 6) is 0.799. The summed E-state index contributed by atoms with van der Waals surface area (Å²) in [6.45, 7) is 2.48. The van der Waals surface area contributed by atoms with E-state index < -0.39 is 0 Å². The van der Waals surface area contributed by atoms with Crippen LogP contribution in [0.2, 0.25) is 10.0 Å². The summed E-state index contributed by atoms with van der Waals surface area (Å²) in [4.78, 5) is 4.61. The van der Waals surface area contributed by atoms with E-state index in [1.54, 1.807) is 0 Å². The van der Waals surface area contributed by atoms with E-state index in [-0.39, 0.29) is 0 Å². The Morgan fingerprint density at radius 3 is 2.09 bits per heavy atom. The van der Waals surface area contributed by atoms with E-state index >= 15 is 0 Å². The maximum Gasteiger partial charge on any atom is 0.163 e. The van der Waals surface area contributed by atoms with Crippen LogP contribution in [0.4, 0.5) is 0 Å². The van der Waals surface area contributed by atoms with Crippen LogP contribution >= 0.6 is 23.2 Å². The molecule has 0 amide bonds. The van der Waals surface area contributed by atoms with E-state index in [1.807, 2.05) is 96.5 Å². The van der Waals surface area contributed by atoms with Crippen molar-refractivity contribution in [1.82, 2.24) is 14.6 Å². The monoisotopic (exact) mass is 459 g/mol. The Hall–Kier alpha value is -3.34. The summed E-state index contributed by atoms with van der Waals surface area (Å²) in [6.07, 6.45) is 1.82. The van der Waals surface area contributed by atoms with Gasteiger partial charge in [0.2, 0.25) is 0 Å². The summed E-state index contributed by atoms with van der Waals surface area (Å²) >= 11 is 12.0. The SMILES string of the molecule is Cc1nn2c(-c3ccc(OCc4ccc(Cl)cc4)cc3)ccnc2c1-c1ccc(Cl)cc1. The first kappa shape index (κ1) is 20.6. The van der Waals surface area contributed by atoms with Crippen molar-refractivity contribution < 1.29 is 4.74 Å². The Morgan fingerprint density at radius 1 is 0.781 bits per heavy atom. The molecule has 0 bridgehead atoms. The second-order valence-electron chi connectivity index (χ2n) is 7.47. The number of aromatic nitrogens is 3. The molecule has 0 fully saturated rings. The molecule has 0 atom stereocenters. The van der Waals surface area contributed by atoms with Crippen LogP contribution in [-0.4, -0.2) is 14.6 Å². The van der Waals surface area contributed by atoms with Gasteiger partial charge in [-0.1, -0.05) is 47.5 Å². The number of hydrogen-bond acceptors (Lipinski definition) is 3. The minimum absolute atomic E-state index is 0.485. The van der Waals surface area contributed by atoms with Crippen molar-refractivity contribution in [3.8, 4) is 28.1 Å². The third-order valence-electron chi connectivity index (χ3n) is 5.30. The predicted molar refractivity (Wildman–Crippen MR) is 129 cm³/mol. The van der Waals surface area contributed by atoms with E-state index in [0.29, 0.717) is 11.6 Å². The molecule has 5 aromatic rings. The highest BCUT2D eigenvalue weighted by atomic mass is 35.5. The number of halogens is 2. The van der Waals surface area contributed by atoms with Gasteiger partial charge in [-0.15, -0.1) is 0 Å². The second kappa shape index (κ2) is 8.65. The molecule has 0 spiro atoms. The van der Waals surface area contributed by atoms with Crippen molar-refractivity contribution in [1.29, 1.82) is 0 Å². The van der Waals surface area contributed by atoms with Gasteiger partial charge in [-0.25, -0.2) is 9.50 Å². The maximum atomic E-state index is 6.06. The van der Waals surface area contributed by atoms with Crippen LogP contribution in [0.1, 0.15) is 11.3 Å². The fraction of sp³-hybridized carbons (Fsp3) is 0.0769. The van der Waals surface area contributed by atoms with Gasteiger partial charge in [0.25, 0.3) is 0 Å². The van der Waals surface area contributed by atoms with E-state index in [9.17, 15) is 0 Å². The average Bonchev–Trinajstić information content (AvgIpc) is 3.15. The van der Waals surface area contributed by atoms with Gasteiger partial charge in [-0.05, 0) is 72.6 Å². The maximum absolute atomic E-state index is 6.06. The third-order valence-corrected chi connectivity index (χ3v) is 5.80. The highest BCUT2D eigenvalue weighted by Crippen LogP contribution is 2.31. The number of rotatable bonds is 5. The van der Waals surface area contributed by atoms with E-state index in [0.717, 1.165) is 50.1 Å². The largest absolute Gasteiger partial charge is 0.489 e.